The van der Waals surface area contributed by atoms with E-state index in [1.165, 1.54) is 0 Å². The van der Waals surface area contributed by atoms with Gasteiger partial charge in [-0.15, -0.1) is 0 Å². The zero-order valence-corrected chi connectivity index (χ0v) is 25.5. The molecule has 0 aromatic carbocycles. The van der Waals surface area contributed by atoms with Crippen molar-refractivity contribution in [3.63, 3.8) is 0 Å². The third-order valence-corrected chi connectivity index (χ3v) is 8.02. The van der Waals surface area contributed by atoms with Crippen LogP contribution < -0.4 is 0 Å². The summed E-state index contributed by atoms with van der Waals surface area (Å²) in [6.07, 6.45) is 5.85. The molecule has 9 nitrogen and oxygen atoms in total. The highest BCUT2D eigenvalue weighted by atomic mass is 16.6. The van der Waals surface area contributed by atoms with Gasteiger partial charge in [0.25, 0.3) is 0 Å². The van der Waals surface area contributed by atoms with E-state index < -0.39 is 30.1 Å². The minimum Gasteiger partial charge on any atom is -0.462 e. The molecule has 2 aliphatic heterocycles. The van der Waals surface area contributed by atoms with E-state index in [2.05, 4.69) is 33.6 Å². The maximum atomic E-state index is 12.2. The lowest BCUT2D eigenvalue weighted by molar-refractivity contribution is -0.157. The first-order valence-corrected chi connectivity index (χ1v) is 14.7. The van der Waals surface area contributed by atoms with Crippen LogP contribution in [0.4, 0.5) is 0 Å². The van der Waals surface area contributed by atoms with Crippen molar-refractivity contribution in [3.05, 3.63) is 38.0 Å². The molecule has 9 unspecified atom stereocenters. The largest absolute Gasteiger partial charge is 0.462 e. The second kappa shape index (κ2) is 16.8. The summed E-state index contributed by atoms with van der Waals surface area (Å²) in [5.41, 5.74) is -0.369. The van der Waals surface area contributed by atoms with Gasteiger partial charge in [0.05, 0.1) is 44.2 Å². The first kappa shape index (κ1) is 34.7. The van der Waals surface area contributed by atoms with Gasteiger partial charge >= 0.3 is 17.9 Å². The van der Waals surface area contributed by atoms with Crippen LogP contribution in [0.15, 0.2) is 38.0 Å². The van der Waals surface area contributed by atoms with E-state index >= 15 is 0 Å². The third-order valence-electron chi connectivity index (χ3n) is 8.02. The van der Waals surface area contributed by atoms with E-state index in [1.54, 1.807) is 0 Å². The van der Waals surface area contributed by atoms with E-state index in [4.69, 9.17) is 28.4 Å². The zero-order chi connectivity index (χ0) is 30.6. The SMILES string of the molecule is C=CC(=O)OCC(C)COC(C)CC1CC2(C)CCC1OCC(C)C(OC(=O)C=C)CC(OC(=O)C=C)C(C)CO2. The molecule has 232 valence electrons. The Balaban J connectivity index is 2.18. The lowest BCUT2D eigenvalue weighted by Gasteiger charge is -2.43. The molecule has 9 heteroatoms. The first-order chi connectivity index (χ1) is 19.4. The molecule has 0 spiro atoms. The molecule has 2 heterocycles. The minimum atomic E-state index is -0.545. The Hall–Kier alpha value is -2.49. The molecule has 0 aromatic heterocycles. The summed E-state index contributed by atoms with van der Waals surface area (Å²) in [5, 5.41) is 0. The zero-order valence-electron chi connectivity index (χ0n) is 25.5. The van der Waals surface area contributed by atoms with Crippen molar-refractivity contribution in [2.45, 2.75) is 96.7 Å². The van der Waals surface area contributed by atoms with Crippen molar-refractivity contribution in [1.82, 2.24) is 0 Å². The smallest absolute Gasteiger partial charge is 0.330 e. The quantitative estimate of drug-likeness (QED) is 0.180. The van der Waals surface area contributed by atoms with Gasteiger partial charge in [0.2, 0.25) is 0 Å². The summed E-state index contributed by atoms with van der Waals surface area (Å²) in [6.45, 7) is 22.1. The number of fused-ring (bicyclic) bond motifs is 10. The number of rotatable bonds is 12. The standard InChI is InChI=1S/C32H50O9/c1-9-29(33)38-18-21(4)17-36-24(7)14-25-16-32(8)13-12-26(25)37-19-22(5)27(40-30(34)10-2)15-28(23(6)20-39-32)41-31(35)11-3/h9-11,21-28H,1-3,12-20H2,4-8H3. The molecule has 0 radical (unpaired) electrons. The van der Waals surface area contributed by atoms with E-state index in [9.17, 15) is 14.4 Å². The van der Waals surface area contributed by atoms with Crippen LogP contribution in [0.25, 0.3) is 0 Å². The fraction of sp³-hybridized carbons (Fsp3) is 0.719. The number of esters is 3. The van der Waals surface area contributed by atoms with Gasteiger partial charge in [0.15, 0.2) is 0 Å². The van der Waals surface area contributed by atoms with Gasteiger partial charge in [-0.1, -0.05) is 40.5 Å². The predicted octanol–water partition coefficient (Wildman–Crippen LogP) is 4.98. The van der Waals surface area contributed by atoms with Crippen LogP contribution in [0, 0.1) is 23.7 Å². The van der Waals surface area contributed by atoms with Crippen molar-refractivity contribution in [2.24, 2.45) is 23.7 Å². The van der Waals surface area contributed by atoms with Crippen LogP contribution in [-0.2, 0) is 42.8 Å². The summed E-state index contributed by atoms with van der Waals surface area (Å²) in [6, 6.07) is 0. The van der Waals surface area contributed by atoms with Crippen molar-refractivity contribution in [1.29, 1.82) is 0 Å². The van der Waals surface area contributed by atoms with Crippen LogP contribution in [0.5, 0.6) is 0 Å². The summed E-state index contributed by atoms with van der Waals surface area (Å²) >= 11 is 0. The van der Waals surface area contributed by atoms with Crippen molar-refractivity contribution in [3.8, 4) is 0 Å². The maximum Gasteiger partial charge on any atom is 0.330 e. The Morgan fingerprint density at radius 1 is 0.927 bits per heavy atom. The molecule has 41 heavy (non-hydrogen) atoms. The Labute approximate surface area is 245 Å². The highest BCUT2D eigenvalue weighted by Crippen LogP contribution is 2.40. The molecule has 1 saturated carbocycles. The Morgan fingerprint density at radius 2 is 1.51 bits per heavy atom. The first-order valence-electron chi connectivity index (χ1n) is 14.7. The summed E-state index contributed by atoms with van der Waals surface area (Å²) in [7, 11) is 0. The molecule has 0 amide bonds. The Morgan fingerprint density at radius 3 is 2.10 bits per heavy atom. The number of carbonyl (C=O) groups excluding carboxylic acids is 3. The van der Waals surface area contributed by atoms with E-state index in [1.807, 2.05) is 20.8 Å². The molecule has 0 N–H and O–H groups in total. The lowest BCUT2D eigenvalue weighted by atomic mass is 9.75. The number of carbonyl (C=O) groups is 3. The maximum absolute atomic E-state index is 12.2. The van der Waals surface area contributed by atoms with Gasteiger partial charge < -0.3 is 28.4 Å². The van der Waals surface area contributed by atoms with Gasteiger partial charge in [-0.05, 0) is 45.4 Å². The molecule has 0 aromatic rings. The summed E-state index contributed by atoms with van der Waals surface area (Å²) in [5.74, 6) is -1.57. The number of hydrogen-bond donors (Lipinski definition) is 0. The monoisotopic (exact) mass is 578 g/mol. The Kier molecular flexibility index (Phi) is 14.2. The van der Waals surface area contributed by atoms with Crippen LogP contribution in [0.3, 0.4) is 0 Å². The van der Waals surface area contributed by atoms with Gasteiger partial charge in [-0.3, -0.25) is 0 Å². The molecule has 2 bridgehead atoms. The van der Waals surface area contributed by atoms with Crippen molar-refractivity contribution < 1.29 is 42.8 Å². The normalized spacial score (nSPS) is 32.1. The molecule has 3 aliphatic rings. The number of hydrogen-bond acceptors (Lipinski definition) is 9. The minimum absolute atomic E-state index is 0.00512. The van der Waals surface area contributed by atoms with Gasteiger partial charge in [-0.2, -0.15) is 0 Å². The topological polar surface area (TPSA) is 107 Å². The van der Waals surface area contributed by atoms with E-state index in [0.717, 1.165) is 43.9 Å². The van der Waals surface area contributed by atoms with Crippen LogP contribution in [-0.4, -0.2) is 74.4 Å². The van der Waals surface area contributed by atoms with Crippen molar-refractivity contribution in [2.75, 3.05) is 26.4 Å². The molecule has 1 aliphatic carbocycles. The average Bonchev–Trinajstić information content (AvgIpc) is 2.96. The molecule has 2 saturated heterocycles. The summed E-state index contributed by atoms with van der Waals surface area (Å²) < 4.78 is 35.7. The van der Waals surface area contributed by atoms with Gasteiger partial charge in [0, 0.05) is 42.4 Å². The van der Waals surface area contributed by atoms with Gasteiger partial charge in [-0.25, -0.2) is 14.4 Å². The fourth-order valence-electron chi connectivity index (χ4n) is 5.45. The second-order valence-corrected chi connectivity index (χ2v) is 12.0. The van der Waals surface area contributed by atoms with Crippen LogP contribution in [0.2, 0.25) is 0 Å². The second-order valence-electron chi connectivity index (χ2n) is 12.0. The Bertz CT molecular complexity index is 902. The molecule has 3 fully saturated rings. The van der Waals surface area contributed by atoms with E-state index in [-0.39, 0.29) is 48.1 Å². The van der Waals surface area contributed by atoms with E-state index in [0.29, 0.717) is 26.2 Å². The highest BCUT2D eigenvalue weighted by molar-refractivity contribution is 5.82. The third kappa shape index (κ3) is 11.7. The molecular weight excluding hydrogens is 528 g/mol. The van der Waals surface area contributed by atoms with Gasteiger partial charge in [0.1, 0.15) is 12.2 Å². The molecular formula is C32H50O9. The molecule has 3 rings (SSSR count). The van der Waals surface area contributed by atoms with Crippen LogP contribution in [0.1, 0.15) is 66.7 Å². The van der Waals surface area contributed by atoms with Crippen molar-refractivity contribution >= 4 is 17.9 Å². The highest BCUT2D eigenvalue weighted by Gasteiger charge is 2.42. The average molecular weight is 579 g/mol. The lowest BCUT2D eigenvalue weighted by Crippen LogP contribution is -2.45. The predicted molar refractivity (Wildman–Crippen MR) is 155 cm³/mol. The van der Waals surface area contributed by atoms with Crippen LogP contribution >= 0.6 is 0 Å². The summed E-state index contributed by atoms with van der Waals surface area (Å²) in [4.78, 5) is 35.7. The number of ether oxygens (including phenoxy) is 6. The fourth-order valence-corrected chi connectivity index (χ4v) is 5.45. The molecule has 9 atom stereocenters.